The van der Waals surface area contributed by atoms with E-state index in [1.165, 1.54) is 0 Å². The minimum Gasteiger partial charge on any atom is -0.486 e. The van der Waals surface area contributed by atoms with E-state index in [2.05, 4.69) is 33.1 Å². The Bertz CT molecular complexity index is 585. The summed E-state index contributed by atoms with van der Waals surface area (Å²) < 4.78 is 12.9. The van der Waals surface area contributed by atoms with Gasteiger partial charge in [0.25, 0.3) is 0 Å². The predicted molar refractivity (Wildman–Crippen MR) is 91.9 cm³/mol. The van der Waals surface area contributed by atoms with Gasteiger partial charge in [0.1, 0.15) is 12.7 Å². The number of amides is 1. The Labute approximate surface area is 145 Å². The molecule has 5 nitrogen and oxygen atoms in total. The molecule has 0 aromatic heterocycles. The van der Waals surface area contributed by atoms with Crippen molar-refractivity contribution in [1.29, 1.82) is 0 Å². The molecule has 1 N–H and O–H groups in total. The lowest BCUT2D eigenvalue weighted by molar-refractivity contribution is -0.121. The first-order valence-electron chi connectivity index (χ1n) is 8.04. The summed E-state index contributed by atoms with van der Waals surface area (Å²) in [5, 5.41) is 3.07. The number of hydrogen-bond acceptors (Lipinski definition) is 4. The van der Waals surface area contributed by atoms with Crippen molar-refractivity contribution in [1.82, 2.24) is 10.2 Å². The number of benzene rings is 1. The lowest BCUT2D eigenvalue weighted by Crippen LogP contribution is -2.54. The van der Waals surface area contributed by atoms with Crippen molar-refractivity contribution in [2.75, 3.05) is 26.2 Å². The molecule has 1 amide bonds. The fourth-order valence-corrected chi connectivity index (χ4v) is 3.59. The SMILES string of the molecule is CC(=O)NC1(C)CCN(CC2COc3ccc(Br)cc3O2)CC1. The highest BCUT2D eigenvalue weighted by Gasteiger charge is 2.32. The quantitative estimate of drug-likeness (QED) is 0.872. The molecule has 6 heteroatoms. The van der Waals surface area contributed by atoms with Gasteiger partial charge >= 0.3 is 0 Å². The zero-order valence-corrected chi connectivity index (χ0v) is 15.2. The Balaban J connectivity index is 1.53. The number of hydrogen-bond donors (Lipinski definition) is 1. The number of ether oxygens (including phenoxy) is 2. The molecule has 1 aromatic rings. The summed E-state index contributed by atoms with van der Waals surface area (Å²) in [4.78, 5) is 13.7. The van der Waals surface area contributed by atoms with Crippen molar-refractivity contribution >= 4 is 21.8 Å². The van der Waals surface area contributed by atoms with Crippen LogP contribution >= 0.6 is 15.9 Å². The van der Waals surface area contributed by atoms with Crippen LogP contribution in [0.3, 0.4) is 0 Å². The van der Waals surface area contributed by atoms with Crippen LogP contribution in [0.5, 0.6) is 11.5 Å². The van der Waals surface area contributed by atoms with Crippen molar-refractivity contribution in [3.8, 4) is 11.5 Å². The van der Waals surface area contributed by atoms with E-state index in [-0.39, 0.29) is 17.6 Å². The smallest absolute Gasteiger partial charge is 0.217 e. The summed E-state index contributed by atoms with van der Waals surface area (Å²) in [6, 6.07) is 5.83. The molecule has 2 aliphatic heterocycles. The van der Waals surface area contributed by atoms with Crippen LogP contribution < -0.4 is 14.8 Å². The molecule has 2 aliphatic rings. The van der Waals surface area contributed by atoms with Gasteiger partial charge in [-0.05, 0) is 38.0 Å². The number of fused-ring (bicyclic) bond motifs is 1. The van der Waals surface area contributed by atoms with Crippen molar-refractivity contribution in [2.24, 2.45) is 0 Å². The average molecular weight is 383 g/mol. The molecule has 126 valence electrons. The van der Waals surface area contributed by atoms with Gasteiger partial charge in [-0.3, -0.25) is 9.69 Å². The third kappa shape index (κ3) is 4.18. The van der Waals surface area contributed by atoms with Crippen molar-refractivity contribution in [2.45, 2.75) is 38.3 Å². The van der Waals surface area contributed by atoms with Gasteiger partial charge in [0, 0.05) is 36.6 Å². The topological polar surface area (TPSA) is 50.8 Å². The highest BCUT2D eigenvalue weighted by molar-refractivity contribution is 9.10. The molecule has 3 rings (SSSR count). The number of likely N-dealkylation sites (tertiary alicyclic amines) is 1. The van der Waals surface area contributed by atoms with Crippen molar-refractivity contribution in [3.63, 3.8) is 0 Å². The number of carbonyl (C=O) groups is 1. The van der Waals surface area contributed by atoms with E-state index in [4.69, 9.17) is 9.47 Å². The van der Waals surface area contributed by atoms with Gasteiger partial charge < -0.3 is 14.8 Å². The first-order valence-corrected chi connectivity index (χ1v) is 8.83. The summed E-state index contributed by atoms with van der Waals surface area (Å²) in [6.07, 6.45) is 1.96. The van der Waals surface area contributed by atoms with E-state index in [1.54, 1.807) is 6.92 Å². The number of halogens is 1. The molecule has 0 radical (unpaired) electrons. The monoisotopic (exact) mass is 382 g/mol. The standard InChI is InChI=1S/C17H23BrN2O3/c1-12(21)19-17(2)5-7-20(8-6-17)10-14-11-22-15-4-3-13(18)9-16(15)23-14/h3-4,9,14H,5-8,10-11H2,1-2H3,(H,19,21). The molecule has 2 heterocycles. The fraction of sp³-hybridized carbons (Fsp3) is 0.588. The van der Waals surface area contributed by atoms with E-state index in [1.807, 2.05) is 18.2 Å². The maximum Gasteiger partial charge on any atom is 0.217 e. The number of nitrogens with one attached hydrogen (secondary N) is 1. The number of carbonyl (C=O) groups excluding carboxylic acids is 1. The van der Waals surface area contributed by atoms with Gasteiger partial charge in [0.15, 0.2) is 11.5 Å². The summed E-state index contributed by atoms with van der Waals surface area (Å²) in [5.41, 5.74) is -0.0796. The normalized spacial score (nSPS) is 23.3. The Hall–Kier alpha value is -1.27. The van der Waals surface area contributed by atoms with E-state index in [0.717, 1.165) is 48.4 Å². The Morgan fingerprint density at radius 1 is 1.39 bits per heavy atom. The lowest BCUT2D eigenvalue weighted by atomic mass is 9.89. The van der Waals surface area contributed by atoms with Gasteiger partial charge in [-0.25, -0.2) is 0 Å². The molecule has 0 spiro atoms. The number of rotatable bonds is 3. The molecule has 1 fully saturated rings. The van der Waals surface area contributed by atoms with Crippen molar-refractivity contribution in [3.05, 3.63) is 22.7 Å². The fourth-order valence-electron chi connectivity index (χ4n) is 3.25. The summed E-state index contributed by atoms with van der Waals surface area (Å²) in [5.74, 6) is 1.66. The van der Waals surface area contributed by atoms with Crippen LogP contribution in [-0.4, -0.2) is 48.7 Å². The maximum atomic E-state index is 11.3. The highest BCUT2D eigenvalue weighted by atomic mass is 79.9. The average Bonchev–Trinajstić information content (AvgIpc) is 2.48. The molecule has 0 bridgehead atoms. The van der Waals surface area contributed by atoms with E-state index < -0.39 is 0 Å². The first-order chi connectivity index (χ1) is 10.9. The Kier molecular flexibility index (Phi) is 4.82. The molecular formula is C17H23BrN2O3. The zero-order chi connectivity index (χ0) is 16.4. The molecule has 0 saturated carbocycles. The minimum absolute atomic E-state index is 0.0434. The molecule has 23 heavy (non-hydrogen) atoms. The van der Waals surface area contributed by atoms with Gasteiger partial charge in [-0.1, -0.05) is 15.9 Å². The molecular weight excluding hydrogens is 360 g/mol. The summed E-state index contributed by atoms with van der Waals surface area (Å²) in [6.45, 7) is 7.06. The van der Waals surface area contributed by atoms with Crippen LogP contribution in [-0.2, 0) is 4.79 Å². The van der Waals surface area contributed by atoms with Crippen LogP contribution in [0.25, 0.3) is 0 Å². The predicted octanol–water partition coefficient (Wildman–Crippen LogP) is 2.58. The van der Waals surface area contributed by atoms with Crippen molar-refractivity contribution < 1.29 is 14.3 Å². The lowest BCUT2D eigenvalue weighted by Gasteiger charge is -2.41. The third-order valence-corrected chi connectivity index (χ3v) is 5.02. The van der Waals surface area contributed by atoms with Gasteiger partial charge in [-0.15, -0.1) is 0 Å². The Morgan fingerprint density at radius 3 is 2.83 bits per heavy atom. The van der Waals surface area contributed by atoms with E-state index >= 15 is 0 Å². The molecule has 0 aliphatic carbocycles. The zero-order valence-electron chi connectivity index (χ0n) is 13.6. The summed E-state index contributed by atoms with van der Waals surface area (Å²) >= 11 is 3.46. The van der Waals surface area contributed by atoms with Crippen LogP contribution in [0.15, 0.2) is 22.7 Å². The van der Waals surface area contributed by atoms with E-state index in [0.29, 0.717) is 6.61 Å². The van der Waals surface area contributed by atoms with Crippen LogP contribution in [0.2, 0.25) is 0 Å². The second-order valence-electron chi connectivity index (χ2n) is 6.68. The summed E-state index contributed by atoms with van der Waals surface area (Å²) in [7, 11) is 0. The molecule has 1 saturated heterocycles. The number of nitrogens with zero attached hydrogens (tertiary/aromatic N) is 1. The minimum atomic E-state index is -0.0796. The first kappa shape index (κ1) is 16.6. The molecule has 1 aromatic carbocycles. The second kappa shape index (κ2) is 6.69. The van der Waals surface area contributed by atoms with Crippen LogP contribution in [0.4, 0.5) is 0 Å². The van der Waals surface area contributed by atoms with Crippen LogP contribution in [0.1, 0.15) is 26.7 Å². The second-order valence-corrected chi connectivity index (χ2v) is 7.60. The van der Waals surface area contributed by atoms with Gasteiger partial charge in [-0.2, -0.15) is 0 Å². The molecule has 1 atom stereocenters. The molecule has 1 unspecified atom stereocenters. The number of piperidine rings is 1. The Morgan fingerprint density at radius 2 is 2.13 bits per heavy atom. The van der Waals surface area contributed by atoms with Gasteiger partial charge in [0.05, 0.1) is 0 Å². The van der Waals surface area contributed by atoms with Gasteiger partial charge in [0.2, 0.25) is 5.91 Å². The maximum absolute atomic E-state index is 11.3. The highest BCUT2D eigenvalue weighted by Crippen LogP contribution is 2.34. The largest absolute Gasteiger partial charge is 0.486 e. The third-order valence-electron chi connectivity index (χ3n) is 4.52. The van der Waals surface area contributed by atoms with Crippen LogP contribution in [0, 0.1) is 0 Å². The van der Waals surface area contributed by atoms with E-state index in [9.17, 15) is 4.79 Å².